The van der Waals surface area contributed by atoms with Crippen LogP contribution in [0.3, 0.4) is 0 Å². The number of hydrogen-bond donors (Lipinski definition) is 2. The first-order valence-electron chi connectivity index (χ1n) is 9.05. The van der Waals surface area contributed by atoms with Crippen LogP contribution < -0.4 is 10.2 Å². The van der Waals surface area contributed by atoms with Crippen molar-refractivity contribution >= 4 is 23.1 Å². The lowest BCUT2D eigenvalue weighted by Crippen LogP contribution is -2.26. The number of hydrogen-bond acceptors (Lipinski definition) is 4. The molecule has 0 radical (unpaired) electrons. The molecule has 4 rings (SSSR count). The molecule has 5 nitrogen and oxygen atoms in total. The molecule has 2 aromatic carbocycles. The Bertz CT molecular complexity index is 1000. The number of aryl methyl sites for hydroxylation is 2. The van der Waals surface area contributed by atoms with E-state index in [1.165, 1.54) is 5.56 Å². The molecule has 3 aromatic rings. The molecule has 0 unspecified atom stereocenters. The highest BCUT2D eigenvalue weighted by atomic mass is 16.3. The zero-order chi connectivity index (χ0) is 18.8. The summed E-state index contributed by atoms with van der Waals surface area (Å²) in [5.41, 5.74) is 4.28. The van der Waals surface area contributed by atoms with Gasteiger partial charge < -0.3 is 15.3 Å². The minimum Gasteiger partial charge on any atom is -0.508 e. The molecule has 5 heteroatoms. The van der Waals surface area contributed by atoms with Crippen molar-refractivity contribution < 1.29 is 9.90 Å². The third-order valence-corrected chi connectivity index (χ3v) is 4.81. The Hall–Kier alpha value is -3.34. The zero-order valence-electron chi connectivity index (χ0n) is 15.1. The second-order valence-electron chi connectivity index (χ2n) is 6.72. The number of phenols is 1. The van der Waals surface area contributed by atoms with E-state index in [0.29, 0.717) is 11.4 Å². The van der Waals surface area contributed by atoms with E-state index in [2.05, 4.69) is 33.4 Å². The zero-order valence-corrected chi connectivity index (χ0v) is 15.1. The van der Waals surface area contributed by atoms with Crippen LogP contribution in [0.2, 0.25) is 0 Å². The number of aromatic hydroxyl groups is 1. The molecule has 1 aliphatic rings. The molecule has 0 bridgehead atoms. The smallest absolute Gasteiger partial charge is 0.274 e. The lowest BCUT2D eigenvalue weighted by atomic mass is 10.0. The van der Waals surface area contributed by atoms with Gasteiger partial charge in [-0.3, -0.25) is 4.79 Å². The Labute approximate surface area is 158 Å². The molecule has 136 valence electrons. The van der Waals surface area contributed by atoms with Crippen LogP contribution in [0.15, 0.2) is 60.7 Å². The van der Waals surface area contributed by atoms with Crippen molar-refractivity contribution in [3.8, 4) is 5.75 Å². The van der Waals surface area contributed by atoms with E-state index in [4.69, 9.17) is 0 Å². The Morgan fingerprint density at radius 1 is 1.11 bits per heavy atom. The number of phenolic OH excluding ortho intramolecular Hbond substituents is 1. The van der Waals surface area contributed by atoms with E-state index >= 15 is 0 Å². The molecule has 0 spiro atoms. The van der Waals surface area contributed by atoms with Crippen LogP contribution in [0.5, 0.6) is 5.75 Å². The standard InChI is InChI=1S/C22H21N3O2/c1-15-14-17(26)11-12-18(15)24-22(27)19-8-4-10-21(23-19)25-13-5-7-16-6-2-3-9-20(16)25/h2-4,6,8-12,14,26H,5,7,13H2,1H3,(H,24,27). The van der Waals surface area contributed by atoms with E-state index in [1.54, 1.807) is 24.3 Å². The van der Waals surface area contributed by atoms with E-state index < -0.39 is 0 Å². The summed E-state index contributed by atoms with van der Waals surface area (Å²) in [6.45, 7) is 2.72. The molecule has 0 saturated carbocycles. The Kier molecular flexibility index (Phi) is 4.50. The van der Waals surface area contributed by atoms with Gasteiger partial charge in [-0.2, -0.15) is 0 Å². The number of carbonyl (C=O) groups is 1. The summed E-state index contributed by atoms with van der Waals surface area (Å²) in [5, 5.41) is 12.4. The highest BCUT2D eigenvalue weighted by Gasteiger charge is 2.20. The molecular formula is C22H21N3O2. The number of para-hydroxylation sites is 1. The Balaban J connectivity index is 1.61. The van der Waals surface area contributed by atoms with Gasteiger partial charge in [0, 0.05) is 17.9 Å². The van der Waals surface area contributed by atoms with Gasteiger partial charge in [-0.1, -0.05) is 24.3 Å². The average molecular weight is 359 g/mol. The van der Waals surface area contributed by atoms with E-state index in [-0.39, 0.29) is 11.7 Å². The van der Waals surface area contributed by atoms with Crippen LogP contribution in [0, 0.1) is 6.92 Å². The minimum atomic E-state index is -0.268. The van der Waals surface area contributed by atoms with Crippen LogP contribution in [-0.2, 0) is 6.42 Å². The van der Waals surface area contributed by atoms with Crippen molar-refractivity contribution in [1.29, 1.82) is 0 Å². The number of amides is 1. The SMILES string of the molecule is Cc1cc(O)ccc1NC(=O)c1cccc(N2CCCc3ccccc32)n1. The molecule has 0 aliphatic carbocycles. The van der Waals surface area contributed by atoms with Gasteiger partial charge in [0.1, 0.15) is 17.3 Å². The van der Waals surface area contributed by atoms with Crippen molar-refractivity contribution in [2.75, 3.05) is 16.8 Å². The maximum atomic E-state index is 12.7. The van der Waals surface area contributed by atoms with Gasteiger partial charge in [-0.05, 0) is 67.3 Å². The number of carbonyl (C=O) groups excluding carboxylic acids is 1. The predicted octanol–water partition coefficient (Wildman–Crippen LogP) is 4.43. The van der Waals surface area contributed by atoms with E-state index in [0.717, 1.165) is 36.5 Å². The molecular weight excluding hydrogens is 338 g/mol. The lowest BCUT2D eigenvalue weighted by Gasteiger charge is -2.30. The van der Waals surface area contributed by atoms with Crippen LogP contribution in [0.4, 0.5) is 17.2 Å². The largest absolute Gasteiger partial charge is 0.508 e. The fourth-order valence-corrected chi connectivity index (χ4v) is 3.45. The monoisotopic (exact) mass is 359 g/mol. The van der Waals surface area contributed by atoms with Crippen LogP contribution in [0.25, 0.3) is 0 Å². The molecule has 1 amide bonds. The normalized spacial score (nSPS) is 13.1. The van der Waals surface area contributed by atoms with Gasteiger partial charge in [-0.25, -0.2) is 4.98 Å². The van der Waals surface area contributed by atoms with Crippen molar-refractivity contribution in [2.45, 2.75) is 19.8 Å². The van der Waals surface area contributed by atoms with Crippen LogP contribution in [-0.4, -0.2) is 22.5 Å². The maximum Gasteiger partial charge on any atom is 0.274 e. The summed E-state index contributed by atoms with van der Waals surface area (Å²) in [4.78, 5) is 19.4. The number of rotatable bonds is 3. The first-order valence-corrected chi connectivity index (χ1v) is 9.05. The molecule has 0 atom stereocenters. The number of pyridine rings is 1. The minimum absolute atomic E-state index is 0.175. The fourth-order valence-electron chi connectivity index (χ4n) is 3.45. The van der Waals surface area contributed by atoms with Crippen molar-refractivity contribution in [3.05, 3.63) is 77.5 Å². The van der Waals surface area contributed by atoms with Crippen molar-refractivity contribution in [3.63, 3.8) is 0 Å². The summed E-state index contributed by atoms with van der Waals surface area (Å²) in [6.07, 6.45) is 2.12. The number of aromatic nitrogens is 1. The summed E-state index contributed by atoms with van der Waals surface area (Å²) in [5.74, 6) is 0.683. The van der Waals surface area contributed by atoms with Crippen LogP contribution in [0.1, 0.15) is 28.0 Å². The molecule has 0 fully saturated rings. The van der Waals surface area contributed by atoms with Gasteiger partial charge in [0.05, 0.1) is 0 Å². The predicted molar refractivity (Wildman–Crippen MR) is 107 cm³/mol. The second-order valence-corrected chi connectivity index (χ2v) is 6.72. The van der Waals surface area contributed by atoms with Crippen molar-refractivity contribution in [1.82, 2.24) is 4.98 Å². The summed E-state index contributed by atoms with van der Waals surface area (Å²) in [6, 6.07) is 18.7. The molecule has 2 heterocycles. The average Bonchev–Trinajstić information content (AvgIpc) is 2.69. The van der Waals surface area contributed by atoms with Crippen LogP contribution >= 0.6 is 0 Å². The molecule has 0 saturated heterocycles. The van der Waals surface area contributed by atoms with Gasteiger partial charge in [0.2, 0.25) is 0 Å². The first kappa shape index (κ1) is 17.1. The highest BCUT2D eigenvalue weighted by Crippen LogP contribution is 2.32. The molecule has 27 heavy (non-hydrogen) atoms. The Morgan fingerprint density at radius 2 is 1.96 bits per heavy atom. The van der Waals surface area contributed by atoms with E-state index in [9.17, 15) is 9.90 Å². The number of anilines is 3. The summed E-state index contributed by atoms with van der Waals surface area (Å²) < 4.78 is 0. The topological polar surface area (TPSA) is 65.5 Å². The third kappa shape index (κ3) is 3.49. The molecule has 1 aliphatic heterocycles. The van der Waals surface area contributed by atoms with Gasteiger partial charge >= 0.3 is 0 Å². The summed E-state index contributed by atoms with van der Waals surface area (Å²) >= 11 is 0. The quantitative estimate of drug-likeness (QED) is 0.679. The highest BCUT2D eigenvalue weighted by molar-refractivity contribution is 6.03. The molecule has 1 aromatic heterocycles. The Morgan fingerprint density at radius 3 is 2.81 bits per heavy atom. The number of nitrogens with one attached hydrogen (secondary N) is 1. The number of fused-ring (bicyclic) bond motifs is 1. The van der Waals surface area contributed by atoms with Gasteiger partial charge in [0.15, 0.2) is 0 Å². The summed E-state index contributed by atoms with van der Waals surface area (Å²) in [7, 11) is 0. The second kappa shape index (κ2) is 7.11. The first-order chi connectivity index (χ1) is 13.1. The van der Waals surface area contributed by atoms with E-state index in [1.807, 2.05) is 25.1 Å². The third-order valence-electron chi connectivity index (χ3n) is 4.81. The number of nitrogens with zero attached hydrogens (tertiary/aromatic N) is 2. The lowest BCUT2D eigenvalue weighted by molar-refractivity contribution is 0.102. The van der Waals surface area contributed by atoms with Gasteiger partial charge in [0.25, 0.3) is 5.91 Å². The fraction of sp³-hybridized carbons (Fsp3) is 0.182. The molecule has 2 N–H and O–H groups in total. The van der Waals surface area contributed by atoms with Gasteiger partial charge in [-0.15, -0.1) is 0 Å². The number of benzene rings is 2. The van der Waals surface area contributed by atoms with Crippen molar-refractivity contribution in [2.24, 2.45) is 0 Å². The maximum absolute atomic E-state index is 12.7.